The van der Waals surface area contributed by atoms with E-state index >= 15 is 0 Å². The van der Waals surface area contributed by atoms with Gasteiger partial charge in [-0.3, -0.25) is 14.5 Å². The van der Waals surface area contributed by atoms with Gasteiger partial charge in [-0.15, -0.1) is 0 Å². The number of likely N-dealkylation sites (tertiary alicyclic amines) is 1. The fourth-order valence-corrected chi connectivity index (χ4v) is 2.28. The van der Waals surface area contributed by atoms with Crippen LogP contribution in [-0.2, 0) is 9.59 Å². The molecule has 1 aromatic rings. The van der Waals surface area contributed by atoms with Crippen molar-refractivity contribution in [2.75, 3.05) is 6.54 Å². The number of carbonyl (C=O) groups excluding carboxylic acids is 2. The number of carbonyl (C=O) groups is 2. The van der Waals surface area contributed by atoms with Gasteiger partial charge in [-0.25, -0.2) is 4.39 Å². The van der Waals surface area contributed by atoms with Gasteiger partial charge in [0.25, 0.3) is 0 Å². The first-order valence-electron chi connectivity index (χ1n) is 6.18. The minimum atomic E-state index is -0.706. The van der Waals surface area contributed by atoms with E-state index < -0.39 is 17.3 Å². The Hall–Kier alpha value is -1.75. The number of imide groups is 1. The average Bonchev–Trinajstić information content (AvgIpc) is 2.52. The van der Waals surface area contributed by atoms with Crippen molar-refractivity contribution in [3.63, 3.8) is 0 Å². The average molecular weight is 264 g/mol. The minimum Gasteiger partial charge on any atom is -0.322 e. The molecule has 0 bridgehead atoms. The molecule has 2 rings (SSSR count). The number of hydrogen-bond donors (Lipinski definition) is 1. The monoisotopic (exact) mass is 264 g/mol. The zero-order chi connectivity index (χ0) is 14.2. The van der Waals surface area contributed by atoms with E-state index in [1.807, 2.05) is 0 Å². The molecule has 0 aromatic heterocycles. The quantitative estimate of drug-likeness (QED) is 0.844. The predicted octanol–water partition coefficient (Wildman–Crippen LogP) is 1.61. The van der Waals surface area contributed by atoms with Crippen LogP contribution in [0, 0.1) is 11.2 Å². The van der Waals surface area contributed by atoms with Gasteiger partial charge in [-0.2, -0.15) is 0 Å². The molecule has 0 aliphatic carbocycles. The highest BCUT2D eigenvalue weighted by Crippen LogP contribution is 2.32. The van der Waals surface area contributed by atoms with Gasteiger partial charge >= 0.3 is 0 Å². The summed E-state index contributed by atoms with van der Waals surface area (Å²) in [7, 11) is 0. The van der Waals surface area contributed by atoms with E-state index in [0.717, 1.165) is 4.90 Å². The lowest BCUT2D eigenvalue weighted by Gasteiger charge is -2.22. The Bertz CT molecular complexity index is 528. The summed E-state index contributed by atoms with van der Waals surface area (Å²) in [4.78, 5) is 25.0. The largest absolute Gasteiger partial charge is 0.322 e. The second-order valence-electron chi connectivity index (χ2n) is 5.50. The van der Waals surface area contributed by atoms with Crippen molar-refractivity contribution in [1.82, 2.24) is 4.90 Å². The van der Waals surface area contributed by atoms with Crippen molar-refractivity contribution in [1.29, 1.82) is 0 Å². The second kappa shape index (κ2) is 4.74. The van der Waals surface area contributed by atoms with Crippen molar-refractivity contribution < 1.29 is 14.0 Å². The zero-order valence-corrected chi connectivity index (χ0v) is 11.0. The standard InChI is InChI=1S/C14H17FN2O2/c1-14(2)7-12(18)17(13(14)19)8-11(16)9-5-3-4-6-10(9)15/h3-6,11H,7-8,16H2,1-2H3. The molecule has 1 aliphatic rings. The molecule has 1 saturated heterocycles. The molecule has 0 radical (unpaired) electrons. The summed E-state index contributed by atoms with van der Waals surface area (Å²) < 4.78 is 13.6. The van der Waals surface area contributed by atoms with Crippen molar-refractivity contribution in [3.05, 3.63) is 35.6 Å². The molecular weight excluding hydrogens is 247 g/mol. The summed E-state index contributed by atoms with van der Waals surface area (Å²) >= 11 is 0. The second-order valence-corrected chi connectivity index (χ2v) is 5.50. The summed E-state index contributed by atoms with van der Waals surface area (Å²) in [5, 5.41) is 0. The number of hydrogen-bond acceptors (Lipinski definition) is 3. The molecule has 102 valence electrons. The number of halogens is 1. The lowest BCUT2D eigenvalue weighted by atomic mass is 9.92. The molecule has 4 nitrogen and oxygen atoms in total. The Morgan fingerprint density at radius 3 is 2.53 bits per heavy atom. The third kappa shape index (κ3) is 2.51. The van der Waals surface area contributed by atoms with Crippen LogP contribution in [0.25, 0.3) is 0 Å². The number of rotatable bonds is 3. The molecule has 5 heteroatoms. The van der Waals surface area contributed by atoms with Gasteiger partial charge in [0.2, 0.25) is 11.8 Å². The Kier molecular flexibility index (Phi) is 3.41. The fourth-order valence-electron chi connectivity index (χ4n) is 2.28. The highest BCUT2D eigenvalue weighted by atomic mass is 19.1. The van der Waals surface area contributed by atoms with Crippen LogP contribution >= 0.6 is 0 Å². The van der Waals surface area contributed by atoms with Crippen LogP contribution < -0.4 is 5.73 Å². The SMILES string of the molecule is CC1(C)CC(=O)N(CC(N)c2ccccc2F)C1=O. The van der Waals surface area contributed by atoms with Crippen LogP contribution in [0.2, 0.25) is 0 Å². The molecule has 19 heavy (non-hydrogen) atoms. The van der Waals surface area contributed by atoms with Crippen molar-refractivity contribution in [3.8, 4) is 0 Å². The number of benzene rings is 1. The highest BCUT2D eigenvalue weighted by Gasteiger charge is 2.45. The Labute approximate surface area is 111 Å². The lowest BCUT2D eigenvalue weighted by Crippen LogP contribution is -2.38. The Balaban J connectivity index is 2.16. The first-order chi connectivity index (χ1) is 8.83. The molecule has 2 amide bonds. The molecule has 1 unspecified atom stereocenters. The maximum atomic E-state index is 13.6. The molecule has 1 aromatic carbocycles. The number of nitrogens with two attached hydrogens (primary N) is 1. The molecule has 2 N–H and O–H groups in total. The van der Waals surface area contributed by atoms with Crippen molar-refractivity contribution >= 4 is 11.8 Å². The van der Waals surface area contributed by atoms with E-state index in [2.05, 4.69) is 0 Å². The summed E-state index contributed by atoms with van der Waals surface area (Å²) in [5.74, 6) is -0.917. The number of nitrogens with zero attached hydrogens (tertiary/aromatic N) is 1. The third-order valence-corrected chi connectivity index (χ3v) is 3.40. The Morgan fingerprint density at radius 1 is 1.37 bits per heavy atom. The molecule has 0 spiro atoms. The first-order valence-corrected chi connectivity index (χ1v) is 6.18. The molecular formula is C14H17FN2O2. The molecule has 1 atom stereocenters. The summed E-state index contributed by atoms with van der Waals surface area (Å²) in [6.07, 6.45) is 0.176. The highest BCUT2D eigenvalue weighted by molar-refractivity contribution is 6.05. The van der Waals surface area contributed by atoms with E-state index in [1.165, 1.54) is 6.07 Å². The summed E-state index contributed by atoms with van der Waals surface area (Å²) in [6, 6.07) is 5.42. The van der Waals surface area contributed by atoms with Crippen LogP contribution in [0.3, 0.4) is 0 Å². The van der Waals surface area contributed by atoms with Crippen LogP contribution in [0.4, 0.5) is 4.39 Å². The fraction of sp³-hybridized carbons (Fsp3) is 0.429. The van der Waals surface area contributed by atoms with Crippen molar-refractivity contribution in [2.45, 2.75) is 26.3 Å². The van der Waals surface area contributed by atoms with Crippen molar-refractivity contribution in [2.24, 2.45) is 11.1 Å². The van der Waals surface area contributed by atoms with E-state index in [1.54, 1.807) is 32.0 Å². The Morgan fingerprint density at radius 2 is 2.00 bits per heavy atom. The van der Waals surface area contributed by atoms with E-state index in [0.29, 0.717) is 5.56 Å². The van der Waals surface area contributed by atoms with E-state index in [9.17, 15) is 14.0 Å². The minimum absolute atomic E-state index is 0.0159. The predicted molar refractivity (Wildman–Crippen MR) is 68.4 cm³/mol. The lowest BCUT2D eigenvalue weighted by molar-refractivity contribution is -0.141. The van der Waals surface area contributed by atoms with Crippen LogP contribution in [-0.4, -0.2) is 23.3 Å². The normalized spacial score (nSPS) is 19.9. The zero-order valence-electron chi connectivity index (χ0n) is 11.0. The smallest absolute Gasteiger partial charge is 0.235 e. The molecule has 0 saturated carbocycles. The van der Waals surface area contributed by atoms with Gasteiger partial charge in [0.05, 0.1) is 11.5 Å². The molecule has 1 heterocycles. The van der Waals surface area contributed by atoms with Gasteiger partial charge in [0.1, 0.15) is 5.82 Å². The maximum Gasteiger partial charge on any atom is 0.235 e. The summed E-state index contributed by atoms with van der Waals surface area (Å²) in [6.45, 7) is 3.46. The molecule has 1 aliphatic heterocycles. The third-order valence-electron chi connectivity index (χ3n) is 3.40. The van der Waals surface area contributed by atoms with Crippen LogP contribution in [0.15, 0.2) is 24.3 Å². The van der Waals surface area contributed by atoms with Crippen LogP contribution in [0.1, 0.15) is 31.9 Å². The van der Waals surface area contributed by atoms with Crippen LogP contribution in [0.5, 0.6) is 0 Å². The topological polar surface area (TPSA) is 63.4 Å². The van der Waals surface area contributed by atoms with Gasteiger partial charge in [-0.05, 0) is 6.07 Å². The van der Waals surface area contributed by atoms with Gasteiger partial charge in [0, 0.05) is 18.5 Å². The first kappa shape index (κ1) is 13.7. The molecule has 1 fully saturated rings. The number of amides is 2. The van der Waals surface area contributed by atoms with E-state index in [-0.39, 0.29) is 24.8 Å². The van der Waals surface area contributed by atoms with E-state index in [4.69, 9.17) is 5.73 Å². The summed E-state index contributed by atoms with van der Waals surface area (Å²) in [5.41, 5.74) is 5.53. The maximum absolute atomic E-state index is 13.6. The van der Waals surface area contributed by atoms with Gasteiger partial charge < -0.3 is 5.73 Å². The van der Waals surface area contributed by atoms with Gasteiger partial charge in [0.15, 0.2) is 0 Å². The van der Waals surface area contributed by atoms with Gasteiger partial charge in [-0.1, -0.05) is 32.0 Å².